The molecular weight excluding hydrogens is 356 g/mol. The summed E-state index contributed by atoms with van der Waals surface area (Å²) in [4.78, 5) is 14.2. The molecule has 1 saturated heterocycles. The zero-order chi connectivity index (χ0) is 19.8. The third-order valence-electron chi connectivity index (χ3n) is 5.53. The van der Waals surface area contributed by atoms with Gasteiger partial charge >= 0.3 is 0 Å². The maximum absolute atomic E-state index is 12.9. The highest BCUT2D eigenvalue weighted by Gasteiger charge is 2.33. The van der Waals surface area contributed by atoms with Crippen LogP contribution in [0.15, 0.2) is 40.8 Å². The molecule has 6 nitrogen and oxygen atoms in total. The van der Waals surface area contributed by atoms with Gasteiger partial charge in [0.1, 0.15) is 42.2 Å². The van der Waals surface area contributed by atoms with Crippen molar-refractivity contribution in [2.75, 3.05) is 25.5 Å². The van der Waals surface area contributed by atoms with Gasteiger partial charge in [0, 0.05) is 16.8 Å². The van der Waals surface area contributed by atoms with Crippen LogP contribution in [0.4, 0.5) is 5.69 Å². The Bertz CT molecular complexity index is 1000. The SMILES string of the molecule is COc1cc2c(cc1NC(=O)[C@H](C)[NH+]1C[C@H](C)O[C@@H](C)C1)oc1ccccc12. The number of hydrogen-bond acceptors (Lipinski definition) is 4. The normalized spacial score (nSPS) is 23.6. The lowest BCUT2D eigenvalue weighted by atomic mass is 10.1. The summed E-state index contributed by atoms with van der Waals surface area (Å²) in [5, 5.41) is 5.04. The Morgan fingerprint density at radius 2 is 1.86 bits per heavy atom. The number of para-hydroxylation sites is 1. The minimum absolute atomic E-state index is 0.0370. The predicted octanol–water partition coefficient (Wildman–Crippen LogP) is 2.61. The number of benzene rings is 2. The standard InChI is InChI=1S/C22H26N2O4/c1-13-11-24(12-14(2)27-13)15(3)22(25)23-18-10-20-17(9-21(18)26-4)16-7-5-6-8-19(16)28-20/h5-10,13-15H,11-12H2,1-4H3,(H,23,25)/p+1/t13-,14-,15-/m0/s1. The number of nitrogens with one attached hydrogen (secondary N) is 2. The molecule has 0 aliphatic carbocycles. The number of fused-ring (bicyclic) bond motifs is 3. The molecule has 2 N–H and O–H groups in total. The number of rotatable bonds is 4. The van der Waals surface area contributed by atoms with Crippen molar-refractivity contribution in [3.8, 4) is 5.75 Å². The van der Waals surface area contributed by atoms with Crippen molar-refractivity contribution in [1.29, 1.82) is 0 Å². The van der Waals surface area contributed by atoms with Gasteiger partial charge in [-0.2, -0.15) is 0 Å². The van der Waals surface area contributed by atoms with Gasteiger partial charge in [-0.3, -0.25) is 4.79 Å². The van der Waals surface area contributed by atoms with Crippen molar-refractivity contribution in [2.24, 2.45) is 0 Å². The van der Waals surface area contributed by atoms with Gasteiger partial charge in [-0.05, 0) is 32.9 Å². The van der Waals surface area contributed by atoms with E-state index in [1.165, 1.54) is 4.90 Å². The zero-order valence-electron chi connectivity index (χ0n) is 16.7. The molecular formula is C22H27N2O4+. The highest BCUT2D eigenvalue weighted by atomic mass is 16.5. The second-order valence-corrected chi connectivity index (χ2v) is 7.68. The van der Waals surface area contributed by atoms with E-state index in [2.05, 4.69) is 19.2 Å². The summed E-state index contributed by atoms with van der Waals surface area (Å²) < 4.78 is 17.3. The Morgan fingerprint density at radius 1 is 1.14 bits per heavy atom. The maximum atomic E-state index is 12.9. The molecule has 1 aromatic heterocycles. The van der Waals surface area contributed by atoms with Crippen molar-refractivity contribution >= 4 is 33.5 Å². The number of quaternary nitrogens is 1. The molecule has 3 atom stereocenters. The zero-order valence-corrected chi connectivity index (χ0v) is 16.7. The van der Waals surface area contributed by atoms with Crippen molar-refractivity contribution < 1.29 is 23.6 Å². The minimum Gasteiger partial charge on any atom is -0.495 e. The molecule has 1 aliphatic rings. The summed E-state index contributed by atoms with van der Waals surface area (Å²) in [7, 11) is 1.61. The molecule has 1 fully saturated rings. The van der Waals surface area contributed by atoms with Crippen LogP contribution in [0.3, 0.4) is 0 Å². The molecule has 2 aromatic carbocycles. The van der Waals surface area contributed by atoms with Crippen LogP contribution in [0, 0.1) is 0 Å². The fourth-order valence-electron chi connectivity index (χ4n) is 4.11. The molecule has 1 aliphatic heterocycles. The van der Waals surface area contributed by atoms with Gasteiger partial charge in [0.2, 0.25) is 0 Å². The number of morpholine rings is 1. The number of hydrogen-bond donors (Lipinski definition) is 2. The predicted molar refractivity (Wildman–Crippen MR) is 109 cm³/mol. The molecule has 0 bridgehead atoms. The number of methoxy groups -OCH3 is 1. The Labute approximate surface area is 164 Å². The summed E-state index contributed by atoms with van der Waals surface area (Å²) in [6.07, 6.45) is 0.297. The lowest BCUT2D eigenvalue weighted by molar-refractivity contribution is -0.928. The fraction of sp³-hybridized carbons (Fsp3) is 0.409. The molecule has 6 heteroatoms. The summed E-state index contributed by atoms with van der Waals surface area (Å²) >= 11 is 0. The van der Waals surface area contributed by atoms with E-state index in [1.54, 1.807) is 7.11 Å². The molecule has 0 radical (unpaired) electrons. The quantitative estimate of drug-likeness (QED) is 0.727. The molecule has 148 valence electrons. The molecule has 0 spiro atoms. The van der Waals surface area contributed by atoms with E-state index < -0.39 is 0 Å². The summed E-state index contributed by atoms with van der Waals surface area (Å²) in [6.45, 7) is 7.70. The largest absolute Gasteiger partial charge is 0.495 e. The second kappa shape index (κ2) is 7.45. The van der Waals surface area contributed by atoms with Gasteiger partial charge in [0.15, 0.2) is 6.04 Å². The molecule has 2 heterocycles. The lowest BCUT2D eigenvalue weighted by Crippen LogP contribution is -3.19. The minimum atomic E-state index is -0.190. The monoisotopic (exact) mass is 383 g/mol. The van der Waals surface area contributed by atoms with Crippen LogP contribution in [0.2, 0.25) is 0 Å². The van der Waals surface area contributed by atoms with Crippen LogP contribution in [0.1, 0.15) is 20.8 Å². The van der Waals surface area contributed by atoms with Crippen LogP contribution in [-0.4, -0.2) is 44.4 Å². The van der Waals surface area contributed by atoms with Gasteiger partial charge in [-0.25, -0.2) is 0 Å². The summed E-state index contributed by atoms with van der Waals surface area (Å²) in [6, 6.07) is 11.5. The number of anilines is 1. The van der Waals surface area contributed by atoms with Crippen molar-refractivity contribution in [3.05, 3.63) is 36.4 Å². The number of furan rings is 1. The van der Waals surface area contributed by atoms with Crippen molar-refractivity contribution in [1.82, 2.24) is 0 Å². The van der Waals surface area contributed by atoms with Crippen LogP contribution in [0.5, 0.6) is 5.75 Å². The van der Waals surface area contributed by atoms with Gasteiger partial charge in [-0.1, -0.05) is 18.2 Å². The van der Waals surface area contributed by atoms with Crippen LogP contribution in [-0.2, 0) is 9.53 Å². The first-order valence-corrected chi connectivity index (χ1v) is 9.76. The van der Waals surface area contributed by atoms with Gasteiger partial charge in [-0.15, -0.1) is 0 Å². The van der Waals surface area contributed by atoms with E-state index in [0.717, 1.165) is 35.0 Å². The third kappa shape index (κ3) is 3.45. The highest BCUT2D eigenvalue weighted by molar-refractivity contribution is 6.08. The van der Waals surface area contributed by atoms with Crippen LogP contribution < -0.4 is 15.0 Å². The summed E-state index contributed by atoms with van der Waals surface area (Å²) in [5.41, 5.74) is 2.17. The lowest BCUT2D eigenvalue weighted by Gasteiger charge is -2.35. The third-order valence-corrected chi connectivity index (χ3v) is 5.53. The van der Waals surface area contributed by atoms with E-state index in [1.807, 2.05) is 43.3 Å². The molecule has 3 aromatic rings. The van der Waals surface area contributed by atoms with Gasteiger partial charge in [0.05, 0.1) is 12.8 Å². The topological polar surface area (TPSA) is 65.1 Å². The number of carbonyl (C=O) groups is 1. The van der Waals surface area contributed by atoms with Crippen molar-refractivity contribution in [3.63, 3.8) is 0 Å². The molecule has 4 rings (SSSR count). The first-order valence-electron chi connectivity index (χ1n) is 9.76. The van der Waals surface area contributed by atoms with Gasteiger partial charge < -0.3 is 24.1 Å². The average molecular weight is 383 g/mol. The smallest absolute Gasteiger partial charge is 0.282 e. The Kier molecular flexibility index (Phi) is 5.00. The molecule has 28 heavy (non-hydrogen) atoms. The van der Waals surface area contributed by atoms with E-state index in [0.29, 0.717) is 11.4 Å². The average Bonchev–Trinajstić information content (AvgIpc) is 3.03. The molecule has 1 amide bonds. The van der Waals surface area contributed by atoms with E-state index in [-0.39, 0.29) is 24.2 Å². The van der Waals surface area contributed by atoms with E-state index >= 15 is 0 Å². The van der Waals surface area contributed by atoms with Crippen LogP contribution in [0.25, 0.3) is 21.9 Å². The van der Waals surface area contributed by atoms with Gasteiger partial charge in [0.25, 0.3) is 5.91 Å². The Morgan fingerprint density at radius 3 is 2.57 bits per heavy atom. The van der Waals surface area contributed by atoms with Crippen molar-refractivity contribution in [2.45, 2.75) is 39.0 Å². The van der Waals surface area contributed by atoms with E-state index in [4.69, 9.17) is 13.9 Å². The fourth-order valence-corrected chi connectivity index (χ4v) is 4.11. The summed E-state index contributed by atoms with van der Waals surface area (Å²) in [5.74, 6) is 0.586. The Hall–Kier alpha value is -2.57. The maximum Gasteiger partial charge on any atom is 0.282 e. The Balaban J connectivity index is 1.61. The molecule has 0 saturated carbocycles. The number of ether oxygens (including phenoxy) is 2. The van der Waals surface area contributed by atoms with E-state index in [9.17, 15) is 4.79 Å². The first-order chi connectivity index (χ1) is 13.5. The number of amides is 1. The van der Waals surface area contributed by atoms with Crippen LogP contribution >= 0.6 is 0 Å². The number of carbonyl (C=O) groups excluding carboxylic acids is 1. The first kappa shape index (κ1) is 18.8. The second-order valence-electron chi connectivity index (χ2n) is 7.68. The highest BCUT2D eigenvalue weighted by Crippen LogP contribution is 2.36. The molecule has 0 unspecified atom stereocenters.